The Morgan fingerprint density at radius 2 is 2.10 bits per heavy atom. The molecule has 1 aromatic carbocycles. The summed E-state index contributed by atoms with van der Waals surface area (Å²) < 4.78 is 18.0. The molecule has 0 saturated carbocycles. The number of nitrogen functional groups attached to an aromatic ring is 2. The number of fused-ring (bicyclic) bond motifs is 2. The SMILES string of the molecule is Nc1nc2c(nc(Sc3ccccc3N)n2[C@@H]2O[C@@H]3COP(O)(=S)OC3[C@H]2O)c(=O)[nH]1. The van der Waals surface area contributed by atoms with Gasteiger partial charge in [-0.15, -0.1) is 0 Å². The second kappa shape index (κ2) is 7.53. The molecule has 2 unspecified atom stereocenters. The van der Waals surface area contributed by atoms with Crippen LogP contribution in [0, 0.1) is 0 Å². The standard InChI is InChI=1S/C16H17N6O6PS2/c17-6-3-1-2-4-8(6)31-16-19-9-12(20-15(18)21-13(9)24)22(16)14-10(23)11-7(27-14)5-26-29(25,30)28-11/h1-4,7,10-11,14,23H,5,17H2,(H,25,30)(H3,18,20,21,24)/t7-,10-,11?,14-,29?/m1/s1. The van der Waals surface area contributed by atoms with Crippen molar-refractivity contribution < 1.29 is 23.8 Å². The molecule has 7 N–H and O–H groups in total. The lowest BCUT2D eigenvalue weighted by atomic mass is 10.1. The number of H-pyrrole nitrogens is 1. The molecule has 2 aliphatic heterocycles. The number of nitrogens with one attached hydrogen (secondary N) is 1. The molecule has 4 heterocycles. The molecule has 0 spiro atoms. The van der Waals surface area contributed by atoms with Crippen LogP contribution in [0.1, 0.15) is 6.23 Å². The predicted molar refractivity (Wildman–Crippen MR) is 115 cm³/mol. The van der Waals surface area contributed by atoms with E-state index in [9.17, 15) is 14.8 Å². The third-order valence-electron chi connectivity index (χ3n) is 4.88. The van der Waals surface area contributed by atoms with E-state index in [0.717, 1.165) is 0 Å². The fourth-order valence-electron chi connectivity index (χ4n) is 3.50. The first-order valence-electron chi connectivity index (χ1n) is 9.03. The van der Waals surface area contributed by atoms with E-state index in [2.05, 4.69) is 15.0 Å². The first-order chi connectivity index (χ1) is 14.7. The van der Waals surface area contributed by atoms with E-state index in [4.69, 9.17) is 37.1 Å². The number of aliphatic hydroxyl groups excluding tert-OH is 1. The molecule has 15 heteroatoms. The van der Waals surface area contributed by atoms with Crippen LogP contribution in [-0.2, 0) is 25.6 Å². The number of aromatic nitrogens is 4. The number of hydrogen-bond donors (Lipinski definition) is 5. The van der Waals surface area contributed by atoms with Crippen LogP contribution < -0.4 is 17.0 Å². The van der Waals surface area contributed by atoms with Gasteiger partial charge in [0, 0.05) is 10.6 Å². The van der Waals surface area contributed by atoms with Crippen molar-refractivity contribution in [2.24, 2.45) is 0 Å². The zero-order chi connectivity index (χ0) is 21.9. The Morgan fingerprint density at radius 3 is 2.87 bits per heavy atom. The molecule has 0 amide bonds. The summed E-state index contributed by atoms with van der Waals surface area (Å²) in [5.41, 5.74) is 11.9. The average molecular weight is 484 g/mol. The zero-order valence-electron chi connectivity index (χ0n) is 15.6. The highest BCUT2D eigenvalue weighted by Gasteiger charge is 2.52. The number of benzene rings is 1. The summed E-state index contributed by atoms with van der Waals surface area (Å²) in [4.78, 5) is 34.1. The topological polar surface area (TPSA) is 184 Å². The largest absolute Gasteiger partial charge is 0.398 e. The highest BCUT2D eigenvalue weighted by atomic mass is 32.5. The van der Waals surface area contributed by atoms with Gasteiger partial charge in [-0.25, -0.2) is 4.98 Å². The van der Waals surface area contributed by atoms with Crippen LogP contribution in [0.4, 0.5) is 11.6 Å². The van der Waals surface area contributed by atoms with Crippen molar-refractivity contribution in [2.45, 2.75) is 34.6 Å². The van der Waals surface area contributed by atoms with Crippen LogP contribution in [0.5, 0.6) is 0 Å². The second-order valence-electron chi connectivity index (χ2n) is 6.92. The van der Waals surface area contributed by atoms with E-state index in [1.807, 2.05) is 6.07 Å². The maximum absolute atomic E-state index is 12.4. The number of nitrogens with two attached hydrogens (primary N) is 2. The summed E-state index contributed by atoms with van der Waals surface area (Å²) in [6.07, 6.45) is -3.93. The van der Waals surface area contributed by atoms with Crippen molar-refractivity contribution in [1.82, 2.24) is 19.5 Å². The molecule has 3 aromatic rings. The average Bonchev–Trinajstić information content (AvgIpc) is 3.20. The van der Waals surface area contributed by atoms with Crippen LogP contribution in [0.2, 0.25) is 0 Å². The minimum absolute atomic E-state index is 0.0151. The molecule has 12 nitrogen and oxygen atoms in total. The monoisotopic (exact) mass is 484 g/mol. The number of ether oxygens (including phenoxy) is 1. The fraction of sp³-hybridized carbons (Fsp3) is 0.312. The highest BCUT2D eigenvalue weighted by molar-refractivity contribution is 8.07. The molecule has 5 atom stereocenters. The van der Waals surface area contributed by atoms with Crippen molar-refractivity contribution in [3.05, 3.63) is 34.6 Å². The molecule has 0 aliphatic carbocycles. The van der Waals surface area contributed by atoms with Gasteiger partial charge < -0.3 is 30.7 Å². The summed E-state index contributed by atoms with van der Waals surface area (Å²) in [5.74, 6) is -0.121. The summed E-state index contributed by atoms with van der Waals surface area (Å²) in [7, 11) is 0. The first kappa shape index (κ1) is 20.8. The second-order valence-corrected chi connectivity index (χ2v) is 10.7. The van der Waals surface area contributed by atoms with E-state index >= 15 is 0 Å². The molecule has 0 radical (unpaired) electrons. The Balaban J connectivity index is 1.64. The molecule has 0 bridgehead atoms. The van der Waals surface area contributed by atoms with Crippen molar-refractivity contribution in [2.75, 3.05) is 18.1 Å². The lowest BCUT2D eigenvalue weighted by molar-refractivity contribution is -0.0619. The van der Waals surface area contributed by atoms with Gasteiger partial charge in [0.25, 0.3) is 5.56 Å². The number of imidazole rings is 1. The van der Waals surface area contributed by atoms with Gasteiger partial charge in [0.15, 0.2) is 22.5 Å². The van der Waals surface area contributed by atoms with Crippen LogP contribution in [-0.4, -0.2) is 54.4 Å². The molecule has 2 saturated heterocycles. The smallest absolute Gasteiger partial charge is 0.325 e. The Labute approximate surface area is 183 Å². The van der Waals surface area contributed by atoms with Gasteiger partial charge in [-0.05, 0) is 35.7 Å². The van der Waals surface area contributed by atoms with E-state index in [1.54, 1.807) is 18.2 Å². The van der Waals surface area contributed by atoms with E-state index in [1.165, 1.54) is 16.3 Å². The van der Waals surface area contributed by atoms with Gasteiger partial charge in [-0.1, -0.05) is 12.1 Å². The minimum Gasteiger partial charge on any atom is -0.398 e. The Kier molecular flexibility index (Phi) is 5.07. The van der Waals surface area contributed by atoms with Crippen molar-refractivity contribution >= 4 is 53.1 Å². The first-order valence-corrected chi connectivity index (χ1v) is 12.4. The highest BCUT2D eigenvalue weighted by Crippen LogP contribution is 2.53. The van der Waals surface area contributed by atoms with Crippen LogP contribution in [0.15, 0.2) is 39.1 Å². The van der Waals surface area contributed by atoms with Crippen LogP contribution in [0.25, 0.3) is 11.2 Å². The molecule has 164 valence electrons. The molecule has 31 heavy (non-hydrogen) atoms. The number of para-hydroxylation sites is 1. The van der Waals surface area contributed by atoms with Crippen molar-refractivity contribution in [1.29, 1.82) is 0 Å². The third kappa shape index (κ3) is 3.64. The quantitative estimate of drug-likeness (QED) is 0.254. The maximum Gasteiger partial charge on any atom is 0.325 e. The zero-order valence-corrected chi connectivity index (χ0v) is 18.1. The number of anilines is 2. The number of nitrogens with zero attached hydrogens (tertiary/aromatic N) is 3. The van der Waals surface area contributed by atoms with Gasteiger partial charge in [-0.2, -0.15) is 4.98 Å². The number of hydrogen-bond acceptors (Lipinski definition) is 11. The maximum atomic E-state index is 12.4. The molecule has 2 fully saturated rings. The van der Waals surface area contributed by atoms with Gasteiger partial charge in [0.2, 0.25) is 5.95 Å². The molecule has 5 rings (SSSR count). The third-order valence-corrected chi connectivity index (χ3v) is 7.50. The summed E-state index contributed by atoms with van der Waals surface area (Å²) in [6.45, 7) is -3.53. The number of aromatic amines is 1. The van der Waals surface area contributed by atoms with Gasteiger partial charge in [-0.3, -0.25) is 18.9 Å². The Bertz CT molecular complexity index is 1280. The summed E-state index contributed by atoms with van der Waals surface area (Å²) in [5, 5.41) is 11.3. The van der Waals surface area contributed by atoms with Crippen molar-refractivity contribution in [3.8, 4) is 0 Å². The lowest BCUT2D eigenvalue weighted by Crippen LogP contribution is -2.39. The van der Waals surface area contributed by atoms with E-state index < -0.39 is 36.8 Å². The molecule has 2 aliphatic rings. The molecular formula is C16H17N6O6PS2. The van der Waals surface area contributed by atoms with E-state index in [-0.39, 0.29) is 23.7 Å². The van der Waals surface area contributed by atoms with Crippen LogP contribution >= 0.6 is 18.5 Å². The van der Waals surface area contributed by atoms with Gasteiger partial charge in [0.1, 0.15) is 18.3 Å². The van der Waals surface area contributed by atoms with Gasteiger partial charge >= 0.3 is 6.72 Å². The Hall–Kier alpha value is -2.03. The fourth-order valence-corrected chi connectivity index (χ4v) is 5.90. The summed E-state index contributed by atoms with van der Waals surface area (Å²) >= 11 is 6.06. The molecule has 2 aromatic heterocycles. The minimum atomic E-state index is -3.48. The van der Waals surface area contributed by atoms with E-state index in [0.29, 0.717) is 15.7 Å². The molecular weight excluding hydrogens is 467 g/mol. The van der Waals surface area contributed by atoms with Crippen molar-refractivity contribution in [3.63, 3.8) is 0 Å². The van der Waals surface area contributed by atoms with Crippen LogP contribution in [0.3, 0.4) is 0 Å². The number of aliphatic hydroxyl groups is 1. The number of rotatable bonds is 3. The lowest BCUT2D eigenvalue weighted by Gasteiger charge is -2.30. The Morgan fingerprint density at radius 1 is 1.32 bits per heavy atom. The summed E-state index contributed by atoms with van der Waals surface area (Å²) in [6, 6.07) is 7.12. The normalized spacial score (nSPS) is 30.5. The predicted octanol–water partition coefficient (Wildman–Crippen LogP) is 0.326. The van der Waals surface area contributed by atoms with Gasteiger partial charge in [0.05, 0.1) is 6.61 Å².